The molecule has 176 valence electrons. The molecule has 1 amide bonds. The first-order valence-electron chi connectivity index (χ1n) is 10.8. The quantitative estimate of drug-likeness (QED) is 0.509. The number of fused-ring (bicyclic) bond motifs is 1. The predicted molar refractivity (Wildman–Crippen MR) is 126 cm³/mol. The second-order valence-corrected chi connectivity index (χ2v) is 8.61. The van der Waals surface area contributed by atoms with Gasteiger partial charge in [-0.05, 0) is 29.1 Å². The van der Waals surface area contributed by atoms with Crippen molar-refractivity contribution < 1.29 is 19.0 Å². The number of aromatic nitrogens is 2. The monoisotopic (exact) mass is 472 g/mol. The third kappa shape index (κ3) is 5.35. The molecular formula is C23H28N4O5S. The summed E-state index contributed by atoms with van der Waals surface area (Å²) in [5.41, 5.74) is 0.906. The molecule has 1 atom stereocenters. The topological polar surface area (TPSA) is 94.9 Å². The van der Waals surface area contributed by atoms with E-state index < -0.39 is 0 Å². The van der Waals surface area contributed by atoms with E-state index in [4.69, 9.17) is 14.2 Å². The molecule has 1 aliphatic rings. The van der Waals surface area contributed by atoms with Crippen molar-refractivity contribution in [2.75, 3.05) is 47.1 Å². The Hall–Kier alpha value is -2.95. The number of rotatable bonds is 9. The molecule has 1 fully saturated rings. The average molecular weight is 473 g/mol. The van der Waals surface area contributed by atoms with Crippen molar-refractivity contribution in [3.05, 3.63) is 51.9 Å². The number of aryl methyl sites for hydroxylation is 1. The lowest BCUT2D eigenvalue weighted by molar-refractivity contribution is -0.121. The lowest BCUT2D eigenvalue weighted by Gasteiger charge is -2.35. The van der Waals surface area contributed by atoms with Crippen molar-refractivity contribution in [1.82, 2.24) is 19.8 Å². The molecule has 0 aliphatic carbocycles. The largest absolute Gasteiger partial charge is 0.493 e. The lowest BCUT2D eigenvalue weighted by Crippen LogP contribution is -2.44. The smallest absolute Gasteiger partial charge is 0.262 e. The fraction of sp³-hybridized carbons (Fsp3) is 0.435. The highest BCUT2D eigenvalue weighted by Gasteiger charge is 2.24. The van der Waals surface area contributed by atoms with Gasteiger partial charge in [-0.2, -0.15) is 0 Å². The molecule has 9 nitrogen and oxygen atoms in total. The summed E-state index contributed by atoms with van der Waals surface area (Å²) in [6.07, 6.45) is 1.70. The number of ether oxygens (including phenoxy) is 3. The van der Waals surface area contributed by atoms with E-state index in [0.29, 0.717) is 41.5 Å². The van der Waals surface area contributed by atoms with Crippen molar-refractivity contribution in [3.8, 4) is 11.5 Å². The fourth-order valence-electron chi connectivity index (χ4n) is 3.98. The molecule has 0 saturated carbocycles. The van der Waals surface area contributed by atoms with Gasteiger partial charge in [-0.3, -0.25) is 19.1 Å². The summed E-state index contributed by atoms with van der Waals surface area (Å²) >= 11 is 1.43. The molecule has 1 aromatic carbocycles. The van der Waals surface area contributed by atoms with Crippen molar-refractivity contribution in [1.29, 1.82) is 0 Å². The summed E-state index contributed by atoms with van der Waals surface area (Å²) in [7, 11) is 3.21. The van der Waals surface area contributed by atoms with Gasteiger partial charge in [0.15, 0.2) is 11.5 Å². The Morgan fingerprint density at radius 3 is 2.76 bits per heavy atom. The summed E-state index contributed by atoms with van der Waals surface area (Å²) < 4.78 is 17.8. The Labute approximate surface area is 195 Å². The zero-order valence-corrected chi connectivity index (χ0v) is 19.6. The Morgan fingerprint density at radius 2 is 2.00 bits per heavy atom. The molecule has 1 saturated heterocycles. The Kier molecular flexibility index (Phi) is 7.58. The van der Waals surface area contributed by atoms with Crippen LogP contribution in [0.2, 0.25) is 0 Å². The highest BCUT2D eigenvalue weighted by atomic mass is 32.1. The van der Waals surface area contributed by atoms with E-state index >= 15 is 0 Å². The van der Waals surface area contributed by atoms with Crippen LogP contribution < -0.4 is 20.3 Å². The molecule has 1 N–H and O–H groups in total. The summed E-state index contributed by atoms with van der Waals surface area (Å²) in [4.78, 5) is 32.5. The number of nitrogens with zero attached hydrogens (tertiary/aromatic N) is 3. The number of amides is 1. The molecule has 0 bridgehead atoms. The maximum absolute atomic E-state index is 12.7. The van der Waals surface area contributed by atoms with Gasteiger partial charge in [0.05, 0.1) is 45.2 Å². The predicted octanol–water partition coefficient (Wildman–Crippen LogP) is 2.05. The fourth-order valence-corrected chi connectivity index (χ4v) is 4.70. The van der Waals surface area contributed by atoms with Crippen LogP contribution in [0.25, 0.3) is 10.2 Å². The van der Waals surface area contributed by atoms with E-state index in [1.807, 2.05) is 23.6 Å². The molecule has 0 radical (unpaired) electrons. The second-order valence-electron chi connectivity index (χ2n) is 7.72. The lowest BCUT2D eigenvalue weighted by atomic mass is 10.0. The number of benzene rings is 1. The minimum atomic E-state index is -0.120. The molecule has 1 unspecified atom stereocenters. The number of morpholine rings is 1. The summed E-state index contributed by atoms with van der Waals surface area (Å²) in [5, 5.41) is 5.47. The number of carbonyl (C=O) groups is 1. The van der Waals surface area contributed by atoms with E-state index in [2.05, 4.69) is 15.2 Å². The SMILES string of the molecule is COc1ccc(C(CNC(=O)CCn2cnc3sccc3c2=O)N2CCOCC2)cc1OC. The number of methoxy groups -OCH3 is 2. The molecule has 10 heteroatoms. The van der Waals surface area contributed by atoms with Crippen LogP contribution in [0, 0.1) is 0 Å². The molecular weight excluding hydrogens is 444 g/mol. The summed E-state index contributed by atoms with van der Waals surface area (Å²) in [5.74, 6) is 1.19. The maximum atomic E-state index is 12.7. The van der Waals surface area contributed by atoms with Crippen LogP contribution >= 0.6 is 11.3 Å². The summed E-state index contributed by atoms with van der Waals surface area (Å²) in [6, 6.07) is 7.55. The number of hydrogen-bond acceptors (Lipinski definition) is 8. The summed E-state index contributed by atoms with van der Waals surface area (Å²) in [6.45, 7) is 3.57. The maximum Gasteiger partial charge on any atom is 0.262 e. The number of nitrogens with one attached hydrogen (secondary N) is 1. The third-order valence-electron chi connectivity index (χ3n) is 5.80. The number of thiophene rings is 1. The normalized spacial score (nSPS) is 15.3. The highest BCUT2D eigenvalue weighted by Crippen LogP contribution is 2.32. The van der Waals surface area contributed by atoms with E-state index in [0.717, 1.165) is 18.7 Å². The van der Waals surface area contributed by atoms with Crippen LogP contribution in [0.5, 0.6) is 11.5 Å². The van der Waals surface area contributed by atoms with Crippen molar-refractivity contribution in [2.45, 2.75) is 19.0 Å². The molecule has 33 heavy (non-hydrogen) atoms. The molecule has 3 heterocycles. The third-order valence-corrected chi connectivity index (χ3v) is 6.62. The Bertz CT molecular complexity index is 1160. The highest BCUT2D eigenvalue weighted by molar-refractivity contribution is 7.16. The minimum absolute atomic E-state index is 0.0378. The van der Waals surface area contributed by atoms with E-state index in [-0.39, 0.29) is 30.5 Å². The van der Waals surface area contributed by atoms with Crippen LogP contribution in [0.4, 0.5) is 0 Å². The van der Waals surface area contributed by atoms with Gasteiger partial charge >= 0.3 is 0 Å². The van der Waals surface area contributed by atoms with Crippen molar-refractivity contribution in [2.24, 2.45) is 0 Å². The van der Waals surface area contributed by atoms with Gasteiger partial charge in [-0.25, -0.2) is 4.98 Å². The molecule has 1 aliphatic heterocycles. The number of carbonyl (C=O) groups excluding carboxylic acids is 1. The van der Waals surface area contributed by atoms with E-state index in [1.165, 1.54) is 22.2 Å². The van der Waals surface area contributed by atoms with Crippen molar-refractivity contribution in [3.63, 3.8) is 0 Å². The van der Waals surface area contributed by atoms with Crippen LogP contribution in [-0.2, 0) is 16.1 Å². The standard InChI is InChI=1S/C23H28N4O5S/c1-30-19-4-3-16(13-20(19)31-2)18(26-8-10-32-11-9-26)14-24-21(28)5-7-27-15-25-22-17(23(27)29)6-12-33-22/h3-4,6,12-13,15,18H,5,7-11,14H2,1-2H3,(H,24,28). The van der Waals surface area contributed by atoms with Gasteiger partial charge in [0.2, 0.25) is 5.91 Å². The molecule has 3 aromatic rings. The van der Waals surface area contributed by atoms with Gasteiger partial charge in [0.1, 0.15) is 4.83 Å². The number of hydrogen-bond donors (Lipinski definition) is 1. The van der Waals surface area contributed by atoms with Gasteiger partial charge in [0, 0.05) is 32.6 Å². The first-order chi connectivity index (χ1) is 16.1. The van der Waals surface area contributed by atoms with Crippen LogP contribution in [0.1, 0.15) is 18.0 Å². The van der Waals surface area contributed by atoms with Gasteiger partial charge in [0.25, 0.3) is 5.56 Å². The van der Waals surface area contributed by atoms with Gasteiger partial charge in [-0.15, -0.1) is 11.3 Å². The first-order valence-corrected chi connectivity index (χ1v) is 11.7. The first kappa shape index (κ1) is 23.2. The zero-order chi connectivity index (χ0) is 23.2. The van der Waals surface area contributed by atoms with Crippen molar-refractivity contribution >= 4 is 27.5 Å². The second kappa shape index (κ2) is 10.8. The van der Waals surface area contributed by atoms with Crippen LogP contribution in [-0.4, -0.2) is 67.4 Å². The van der Waals surface area contributed by atoms with Crippen LogP contribution in [0.3, 0.4) is 0 Å². The Balaban J connectivity index is 1.43. The molecule has 0 spiro atoms. The van der Waals surface area contributed by atoms with E-state index in [1.54, 1.807) is 20.3 Å². The Morgan fingerprint density at radius 1 is 1.21 bits per heavy atom. The van der Waals surface area contributed by atoms with Gasteiger partial charge < -0.3 is 19.5 Å². The van der Waals surface area contributed by atoms with Gasteiger partial charge in [-0.1, -0.05) is 6.07 Å². The average Bonchev–Trinajstić information content (AvgIpc) is 3.34. The van der Waals surface area contributed by atoms with E-state index in [9.17, 15) is 9.59 Å². The minimum Gasteiger partial charge on any atom is -0.493 e. The molecule has 4 rings (SSSR count). The van der Waals surface area contributed by atoms with Crippen LogP contribution in [0.15, 0.2) is 40.8 Å². The zero-order valence-electron chi connectivity index (χ0n) is 18.8. The molecule has 2 aromatic heterocycles.